The summed E-state index contributed by atoms with van der Waals surface area (Å²) >= 11 is 0. The molecule has 1 heterocycles. The molecule has 4 nitrogen and oxygen atoms in total. The molecule has 1 saturated heterocycles. The molecule has 1 aromatic rings. The van der Waals surface area contributed by atoms with Crippen molar-refractivity contribution < 1.29 is 9.53 Å². The summed E-state index contributed by atoms with van der Waals surface area (Å²) in [6, 6.07) is 7.98. The molecule has 3 N–H and O–H groups in total. The molecular formula is C16H24N2O2. The number of hydrogen-bond donors (Lipinski definition) is 2. The number of aryl methyl sites for hydroxylation is 1. The van der Waals surface area contributed by atoms with Crippen LogP contribution in [-0.2, 0) is 15.1 Å². The van der Waals surface area contributed by atoms with Crippen LogP contribution in [0, 0.1) is 6.92 Å². The molecule has 1 aliphatic heterocycles. The van der Waals surface area contributed by atoms with Crippen LogP contribution in [0.15, 0.2) is 24.3 Å². The van der Waals surface area contributed by atoms with E-state index in [2.05, 4.69) is 5.32 Å². The normalized spacial score (nSPS) is 21.6. The van der Waals surface area contributed by atoms with Gasteiger partial charge in [-0.05, 0) is 31.7 Å². The number of carbonyl (C=O) groups excluding carboxylic acids is 1. The topological polar surface area (TPSA) is 64.3 Å². The number of nitrogens with two attached hydrogens (primary N) is 1. The molecule has 1 aliphatic rings. The van der Waals surface area contributed by atoms with Crippen molar-refractivity contribution in [2.24, 2.45) is 5.73 Å². The number of ether oxygens (including phenoxy) is 1. The van der Waals surface area contributed by atoms with Gasteiger partial charge >= 0.3 is 0 Å². The van der Waals surface area contributed by atoms with Gasteiger partial charge in [0, 0.05) is 13.2 Å². The molecule has 110 valence electrons. The first-order valence-corrected chi connectivity index (χ1v) is 7.32. The van der Waals surface area contributed by atoms with Crippen LogP contribution in [0.3, 0.4) is 0 Å². The highest BCUT2D eigenvalue weighted by atomic mass is 16.5. The summed E-state index contributed by atoms with van der Waals surface area (Å²) in [5.74, 6) is -0.332. The summed E-state index contributed by atoms with van der Waals surface area (Å²) < 4.78 is 5.61. The van der Waals surface area contributed by atoms with Crippen molar-refractivity contribution in [2.45, 2.75) is 44.8 Å². The van der Waals surface area contributed by atoms with Crippen LogP contribution in [0.4, 0.5) is 0 Å². The second-order valence-electron chi connectivity index (χ2n) is 5.51. The molecular weight excluding hydrogens is 252 g/mol. The van der Waals surface area contributed by atoms with Gasteiger partial charge in [0.1, 0.15) is 5.54 Å². The molecule has 0 aliphatic carbocycles. The van der Waals surface area contributed by atoms with Gasteiger partial charge in [0.15, 0.2) is 0 Å². The number of amides is 1. The van der Waals surface area contributed by atoms with Crippen molar-refractivity contribution in [3.8, 4) is 0 Å². The van der Waals surface area contributed by atoms with Crippen LogP contribution in [0.5, 0.6) is 0 Å². The van der Waals surface area contributed by atoms with E-state index in [4.69, 9.17) is 10.5 Å². The minimum atomic E-state index is -0.806. The quantitative estimate of drug-likeness (QED) is 0.833. The van der Waals surface area contributed by atoms with Gasteiger partial charge in [0.2, 0.25) is 5.91 Å². The first kappa shape index (κ1) is 15.0. The molecule has 20 heavy (non-hydrogen) atoms. The highest BCUT2D eigenvalue weighted by Gasteiger charge is 2.37. The number of primary amides is 1. The molecule has 2 unspecified atom stereocenters. The minimum Gasteiger partial charge on any atom is -0.377 e. The fraction of sp³-hybridized carbons (Fsp3) is 0.562. The maximum absolute atomic E-state index is 12.1. The van der Waals surface area contributed by atoms with Crippen LogP contribution in [0.2, 0.25) is 0 Å². The molecule has 2 atom stereocenters. The average Bonchev–Trinajstić information content (AvgIpc) is 2.94. The van der Waals surface area contributed by atoms with Crippen molar-refractivity contribution in [3.05, 3.63) is 35.4 Å². The first-order valence-electron chi connectivity index (χ1n) is 7.32. The smallest absolute Gasteiger partial charge is 0.242 e. The predicted octanol–water partition coefficient (Wildman–Crippen LogP) is 1.85. The Morgan fingerprint density at radius 3 is 2.65 bits per heavy atom. The number of nitrogens with one attached hydrogen (secondary N) is 1. The van der Waals surface area contributed by atoms with Crippen LogP contribution in [0.25, 0.3) is 0 Å². The monoisotopic (exact) mass is 276 g/mol. The van der Waals surface area contributed by atoms with Crippen molar-refractivity contribution in [2.75, 3.05) is 13.2 Å². The lowest BCUT2D eigenvalue weighted by molar-refractivity contribution is -0.125. The summed E-state index contributed by atoms with van der Waals surface area (Å²) in [6.45, 7) is 5.48. The van der Waals surface area contributed by atoms with Gasteiger partial charge in [-0.15, -0.1) is 0 Å². The van der Waals surface area contributed by atoms with E-state index in [1.54, 1.807) is 0 Å². The zero-order chi connectivity index (χ0) is 14.6. The maximum Gasteiger partial charge on any atom is 0.242 e. The standard InChI is InChI=1S/C16H24N2O2/c1-3-16(15(17)19,13-8-6-12(2)7-9-13)18-11-14-5-4-10-20-14/h6-9,14,18H,3-5,10-11H2,1-2H3,(H2,17,19). The lowest BCUT2D eigenvalue weighted by atomic mass is 9.85. The second-order valence-corrected chi connectivity index (χ2v) is 5.51. The van der Waals surface area contributed by atoms with Crippen LogP contribution in [-0.4, -0.2) is 25.2 Å². The van der Waals surface area contributed by atoms with E-state index < -0.39 is 5.54 Å². The molecule has 2 rings (SSSR count). The molecule has 1 amide bonds. The third-order valence-electron chi connectivity index (χ3n) is 4.15. The first-order chi connectivity index (χ1) is 9.58. The second kappa shape index (κ2) is 6.37. The fourth-order valence-electron chi connectivity index (χ4n) is 2.77. The summed E-state index contributed by atoms with van der Waals surface area (Å²) in [5, 5.41) is 3.36. The van der Waals surface area contributed by atoms with Gasteiger partial charge in [-0.2, -0.15) is 0 Å². The third kappa shape index (κ3) is 3.02. The minimum absolute atomic E-state index is 0.186. The Labute approximate surface area is 120 Å². The van der Waals surface area contributed by atoms with Gasteiger partial charge in [0.25, 0.3) is 0 Å². The van der Waals surface area contributed by atoms with Gasteiger partial charge in [-0.3, -0.25) is 10.1 Å². The third-order valence-corrected chi connectivity index (χ3v) is 4.15. The van der Waals surface area contributed by atoms with Crippen molar-refractivity contribution in [1.29, 1.82) is 0 Å². The van der Waals surface area contributed by atoms with Gasteiger partial charge in [-0.1, -0.05) is 36.8 Å². The molecule has 0 radical (unpaired) electrons. The molecule has 0 bridgehead atoms. The Balaban J connectivity index is 2.19. The van der Waals surface area contributed by atoms with E-state index in [-0.39, 0.29) is 12.0 Å². The number of carbonyl (C=O) groups is 1. The van der Waals surface area contributed by atoms with Crippen molar-refractivity contribution >= 4 is 5.91 Å². The largest absolute Gasteiger partial charge is 0.377 e. The Morgan fingerprint density at radius 1 is 1.45 bits per heavy atom. The zero-order valence-electron chi connectivity index (χ0n) is 12.3. The van der Waals surface area contributed by atoms with Gasteiger partial charge in [0.05, 0.1) is 6.10 Å². The van der Waals surface area contributed by atoms with Crippen molar-refractivity contribution in [1.82, 2.24) is 5.32 Å². The SMILES string of the molecule is CCC(NCC1CCCO1)(C(N)=O)c1ccc(C)cc1. The lowest BCUT2D eigenvalue weighted by Crippen LogP contribution is -2.54. The van der Waals surface area contributed by atoms with E-state index in [9.17, 15) is 4.79 Å². The number of hydrogen-bond acceptors (Lipinski definition) is 3. The number of rotatable bonds is 6. The fourth-order valence-corrected chi connectivity index (χ4v) is 2.77. The van der Waals surface area contributed by atoms with E-state index >= 15 is 0 Å². The molecule has 0 aromatic heterocycles. The Hall–Kier alpha value is -1.39. The Kier molecular flexibility index (Phi) is 4.78. The van der Waals surface area contributed by atoms with E-state index in [1.807, 2.05) is 38.1 Å². The van der Waals surface area contributed by atoms with E-state index in [0.29, 0.717) is 13.0 Å². The maximum atomic E-state index is 12.1. The Morgan fingerprint density at radius 2 is 2.15 bits per heavy atom. The summed E-state index contributed by atoms with van der Waals surface area (Å²) in [5.41, 5.74) is 6.98. The Bertz CT molecular complexity index is 452. The zero-order valence-corrected chi connectivity index (χ0v) is 12.3. The van der Waals surface area contributed by atoms with E-state index in [1.165, 1.54) is 5.56 Å². The highest BCUT2D eigenvalue weighted by Crippen LogP contribution is 2.26. The van der Waals surface area contributed by atoms with Crippen LogP contribution >= 0.6 is 0 Å². The molecule has 1 fully saturated rings. The highest BCUT2D eigenvalue weighted by molar-refractivity contribution is 5.86. The van der Waals surface area contributed by atoms with Crippen molar-refractivity contribution in [3.63, 3.8) is 0 Å². The molecule has 1 aromatic carbocycles. The lowest BCUT2D eigenvalue weighted by Gasteiger charge is -2.32. The van der Waals surface area contributed by atoms with Crippen LogP contribution < -0.4 is 11.1 Å². The van der Waals surface area contributed by atoms with Gasteiger partial charge < -0.3 is 10.5 Å². The van der Waals surface area contributed by atoms with E-state index in [0.717, 1.165) is 25.0 Å². The summed E-state index contributed by atoms with van der Waals surface area (Å²) in [7, 11) is 0. The van der Waals surface area contributed by atoms with Crippen LogP contribution in [0.1, 0.15) is 37.3 Å². The summed E-state index contributed by atoms with van der Waals surface area (Å²) in [4.78, 5) is 12.1. The summed E-state index contributed by atoms with van der Waals surface area (Å²) in [6.07, 6.45) is 2.94. The molecule has 0 spiro atoms. The predicted molar refractivity (Wildman–Crippen MR) is 79.3 cm³/mol. The van der Waals surface area contributed by atoms with Gasteiger partial charge in [-0.25, -0.2) is 0 Å². The average molecular weight is 276 g/mol. The number of benzene rings is 1. The molecule has 4 heteroatoms. The molecule has 0 saturated carbocycles.